The molecule has 3 nitrogen and oxygen atoms in total. The Labute approximate surface area is 297 Å². The fourth-order valence-corrected chi connectivity index (χ4v) is 7.23. The van der Waals surface area contributed by atoms with Crippen LogP contribution in [0.1, 0.15) is 30.0 Å². The first-order chi connectivity index (χ1) is 25.2. The Hall–Kier alpha value is -6.58. The molecule has 0 amide bonds. The number of fused-ring (bicyclic) bond motifs is 3. The van der Waals surface area contributed by atoms with Gasteiger partial charge >= 0.3 is 0 Å². The smallest absolute Gasteiger partial charge is 0.160 e. The Bertz CT molecular complexity index is 2630. The van der Waals surface area contributed by atoms with Crippen molar-refractivity contribution < 1.29 is 4.42 Å². The van der Waals surface area contributed by atoms with Gasteiger partial charge in [0.05, 0.1) is 11.4 Å². The van der Waals surface area contributed by atoms with Gasteiger partial charge in [-0.1, -0.05) is 158 Å². The highest BCUT2D eigenvalue weighted by Gasteiger charge is 2.23. The van der Waals surface area contributed by atoms with Crippen LogP contribution in [0.4, 0.5) is 0 Å². The number of nitrogens with zero attached hydrogens (tertiary/aromatic N) is 2. The van der Waals surface area contributed by atoms with Gasteiger partial charge in [0.15, 0.2) is 5.84 Å². The van der Waals surface area contributed by atoms with Crippen molar-refractivity contribution in [2.24, 2.45) is 9.98 Å². The second-order valence-electron chi connectivity index (χ2n) is 13.0. The Balaban J connectivity index is 1.21. The van der Waals surface area contributed by atoms with Crippen LogP contribution in [0.15, 0.2) is 196 Å². The van der Waals surface area contributed by atoms with Crippen LogP contribution in [0.2, 0.25) is 0 Å². The molecule has 3 heteroatoms. The summed E-state index contributed by atoms with van der Waals surface area (Å²) >= 11 is 0. The molecule has 0 saturated heterocycles. The Kier molecular flexibility index (Phi) is 7.79. The number of benzene rings is 7. The van der Waals surface area contributed by atoms with E-state index in [1.807, 2.05) is 24.3 Å². The summed E-state index contributed by atoms with van der Waals surface area (Å²) in [5.74, 6) is 0.676. The van der Waals surface area contributed by atoms with Crippen LogP contribution in [0, 0.1) is 0 Å². The molecule has 8 aromatic rings. The molecule has 1 aromatic heterocycles. The normalized spacial score (nSPS) is 13.3. The van der Waals surface area contributed by atoms with Crippen LogP contribution in [0.3, 0.4) is 0 Å². The van der Waals surface area contributed by atoms with Crippen molar-refractivity contribution in [3.8, 4) is 33.4 Å². The van der Waals surface area contributed by atoms with Gasteiger partial charge in [-0.25, -0.2) is 9.98 Å². The minimum Gasteiger partial charge on any atom is -0.455 e. The lowest BCUT2D eigenvalue weighted by molar-refractivity contribution is 0.670. The number of furan rings is 1. The van der Waals surface area contributed by atoms with E-state index in [0.29, 0.717) is 12.3 Å². The number of allylic oxidation sites excluding steroid dienone is 1. The fraction of sp³-hybridized carbons (Fsp3) is 0.0417. The van der Waals surface area contributed by atoms with Crippen LogP contribution in [0.5, 0.6) is 0 Å². The van der Waals surface area contributed by atoms with Gasteiger partial charge in [-0.15, -0.1) is 0 Å². The van der Waals surface area contributed by atoms with Crippen LogP contribution in [-0.4, -0.2) is 11.5 Å². The molecule has 51 heavy (non-hydrogen) atoms. The van der Waals surface area contributed by atoms with Gasteiger partial charge in [0.1, 0.15) is 11.2 Å². The van der Waals surface area contributed by atoms with Gasteiger partial charge in [0.25, 0.3) is 0 Å². The van der Waals surface area contributed by atoms with E-state index in [4.69, 9.17) is 14.4 Å². The van der Waals surface area contributed by atoms with Gasteiger partial charge in [-0.3, -0.25) is 0 Å². The van der Waals surface area contributed by atoms with Crippen molar-refractivity contribution in [3.05, 3.63) is 198 Å². The predicted molar refractivity (Wildman–Crippen MR) is 213 cm³/mol. The number of rotatable bonds is 6. The summed E-state index contributed by atoms with van der Waals surface area (Å²) < 4.78 is 6.63. The molecule has 7 aromatic carbocycles. The molecule has 0 N–H and O–H groups in total. The zero-order chi connectivity index (χ0) is 34.1. The second kappa shape index (κ2) is 13.0. The van der Waals surface area contributed by atoms with Gasteiger partial charge in [-0.2, -0.15) is 0 Å². The van der Waals surface area contributed by atoms with Gasteiger partial charge < -0.3 is 4.42 Å². The second-order valence-corrected chi connectivity index (χ2v) is 13.0. The van der Waals surface area contributed by atoms with Gasteiger partial charge in [0.2, 0.25) is 0 Å². The first-order valence-corrected chi connectivity index (χ1v) is 17.4. The zero-order valence-corrected chi connectivity index (χ0v) is 28.3. The van der Waals surface area contributed by atoms with E-state index >= 15 is 0 Å². The van der Waals surface area contributed by atoms with Crippen molar-refractivity contribution in [2.75, 3.05) is 0 Å². The van der Waals surface area contributed by atoms with Gasteiger partial charge in [-0.05, 0) is 64.1 Å². The molecule has 2 heterocycles. The molecule has 0 bridgehead atoms. The molecular formula is C48H34N2O. The first kappa shape index (κ1) is 30.5. The van der Waals surface area contributed by atoms with Crippen molar-refractivity contribution in [2.45, 2.75) is 13.3 Å². The van der Waals surface area contributed by atoms with E-state index in [1.165, 1.54) is 27.8 Å². The zero-order valence-electron chi connectivity index (χ0n) is 28.3. The molecular weight excluding hydrogens is 621 g/mol. The Morgan fingerprint density at radius 1 is 0.431 bits per heavy atom. The van der Waals surface area contributed by atoms with Crippen LogP contribution in [-0.2, 0) is 0 Å². The third kappa shape index (κ3) is 5.69. The number of para-hydroxylation sites is 1. The highest BCUT2D eigenvalue weighted by atomic mass is 16.3. The summed E-state index contributed by atoms with van der Waals surface area (Å²) in [4.78, 5) is 10.8. The van der Waals surface area contributed by atoms with Crippen molar-refractivity contribution in [1.29, 1.82) is 0 Å². The maximum absolute atomic E-state index is 6.63. The van der Waals surface area contributed by atoms with E-state index < -0.39 is 0 Å². The van der Waals surface area contributed by atoms with E-state index in [9.17, 15) is 0 Å². The molecule has 0 saturated carbocycles. The van der Waals surface area contributed by atoms with E-state index in [2.05, 4.69) is 159 Å². The number of aliphatic imine (C=N–C) groups is 2. The van der Waals surface area contributed by atoms with Crippen LogP contribution >= 0.6 is 0 Å². The number of amidine groups is 1. The molecule has 242 valence electrons. The average molecular weight is 655 g/mol. The van der Waals surface area contributed by atoms with Crippen molar-refractivity contribution in [3.63, 3.8) is 0 Å². The summed E-state index contributed by atoms with van der Waals surface area (Å²) in [6.07, 6.45) is 0.683. The monoisotopic (exact) mass is 654 g/mol. The standard InChI is InChI=1S/C48H34N2O/c1-32-31-43(36-19-9-4-10-20-36)49-48(42-30-29-40(34-17-7-3-8-18-34)47-45(42)41-23-13-14-24-44(41)51-47)50-46(32)37-27-25-35(26-28-37)39-22-12-11-21-38(39)33-15-5-2-6-16-33/h2-30H,31H2,1H3. The number of hydrogen-bond acceptors (Lipinski definition) is 3. The minimum absolute atomic E-state index is 0.676. The third-order valence-corrected chi connectivity index (χ3v) is 9.74. The van der Waals surface area contributed by atoms with E-state index in [0.717, 1.165) is 61.2 Å². The maximum Gasteiger partial charge on any atom is 0.160 e. The minimum atomic E-state index is 0.676. The van der Waals surface area contributed by atoms with E-state index in [1.54, 1.807) is 0 Å². The lowest BCUT2D eigenvalue weighted by Gasteiger charge is -2.12. The van der Waals surface area contributed by atoms with Crippen LogP contribution in [0.25, 0.3) is 61.0 Å². The Morgan fingerprint density at radius 3 is 1.61 bits per heavy atom. The summed E-state index contributed by atoms with van der Waals surface area (Å²) in [7, 11) is 0. The third-order valence-electron chi connectivity index (χ3n) is 9.74. The topological polar surface area (TPSA) is 37.9 Å². The van der Waals surface area contributed by atoms with Crippen molar-refractivity contribution in [1.82, 2.24) is 0 Å². The molecule has 0 spiro atoms. The molecule has 1 aliphatic rings. The predicted octanol–water partition coefficient (Wildman–Crippen LogP) is 12.7. The molecule has 0 unspecified atom stereocenters. The average Bonchev–Trinajstić information content (AvgIpc) is 3.50. The molecule has 0 radical (unpaired) electrons. The maximum atomic E-state index is 6.63. The molecule has 0 aliphatic carbocycles. The largest absolute Gasteiger partial charge is 0.455 e. The SMILES string of the molecule is CC1=C(c2ccc(-c3ccccc3-c3ccccc3)cc2)N=C(c2ccc(-c3ccccc3)c3oc4ccccc4c23)N=C(c2ccccc2)C1. The lowest BCUT2D eigenvalue weighted by atomic mass is 9.93. The lowest BCUT2D eigenvalue weighted by Crippen LogP contribution is -2.06. The highest BCUT2D eigenvalue weighted by molar-refractivity contribution is 6.24. The first-order valence-electron chi connectivity index (χ1n) is 17.4. The molecule has 0 atom stereocenters. The molecule has 9 rings (SSSR count). The van der Waals surface area contributed by atoms with Gasteiger partial charge in [0, 0.05) is 33.9 Å². The fourth-order valence-electron chi connectivity index (χ4n) is 7.23. The molecule has 1 aliphatic heterocycles. The summed E-state index contributed by atoms with van der Waals surface area (Å²) in [6.45, 7) is 2.18. The van der Waals surface area contributed by atoms with E-state index in [-0.39, 0.29) is 0 Å². The quantitative estimate of drug-likeness (QED) is 0.176. The summed E-state index contributed by atoms with van der Waals surface area (Å²) in [5.41, 5.74) is 14.8. The van der Waals surface area contributed by atoms with Crippen LogP contribution < -0.4 is 0 Å². The summed E-state index contributed by atoms with van der Waals surface area (Å²) in [5, 5.41) is 2.07. The molecule has 0 fully saturated rings. The summed E-state index contributed by atoms with van der Waals surface area (Å²) in [6, 6.07) is 61.5. The Morgan fingerprint density at radius 2 is 0.941 bits per heavy atom. The number of hydrogen-bond donors (Lipinski definition) is 0. The van der Waals surface area contributed by atoms with Crippen molar-refractivity contribution >= 4 is 39.2 Å². The highest BCUT2D eigenvalue weighted by Crippen LogP contribution is 2.40.